The summed E-state index contributed by atoms with van der Waals surface area (Å²) in [5.41, 5.74) is 0. The molecule has 0 bridgehead atoms. The van der Waals surface area contributed by atoms with Crippen molar-refractivity contribution in [1.29, 1.82) is 0 Å². The van der Waals surface area contributed by atoms with Gasteiger partial charge in [-0.15, -0.1) is 0 Å². The maximum Gasteiger partial charge on any atom is 0.349 e. The second kappa shape index (κ2) is 6.60. The van der Waals surface area contributed by atoms with Crippen LogP contribution in [0.1, 0.15) is 13.8 Å². The molecule has 1 fully saturated rings. The zero-order valence-corrected chi connectivity index (χ0v) is 11.1. The Hall–Kier alpha value is 0.0569. The van der Waals surface area contributed by atoms with Crippen LogP contribution >= 0.6 is 0 Å². The molecule has 0 amide bonds. The van der Waals surface area contributed by atoms with E-state index >= 15 is 0 Å². The lowest BCUT2D eigenvalue weighted by Crippen LogP contribution is -2.53. The molecular weight excluding hydrogens is 210 g/mol. The fraction of sp³-hybridized carbons (Fsp3) is 1.00. The number of hydrogen-bond donors (Lipinski definition) is 0. The van der Waals surface area contributed by atoms with Crippen LogP contribution in [0.3, 0.4) is 0 Å². The summed E-state index contributed by atoms with van der Waals surface area (Å²) in [6.07, 6.45) is 0.956. The molecule has 5 heteroatoms. The fourth-order valence-corrected chi connectivity index (χ4v) is 4.52. The zero-order valence-electron chi connectivity index (χ0n) is 10.1. The molecule has 15 heavy (non-hydrogen) atoms. The number of rotatable bonds is 6. The molecule has 1 aliphatic heterocycles. The molecule has 0 aliphatic carbocycles. The molecule has 90 valence electrons. The van der Waals surface area contributed by atoms with Crippen LogP contribution < -0.4 is 0 Å². The van der Waals surface area contributed by atoms with Crippen LogP contribution in [0.15, 0.2) is 0 Å². The topological polar surface area (TPSA) is 30.9 Å². The standard InChI is InChI=1S/C10H23NO3Si/c1-4-13-15(3,14-5-2)10-11-6-8-12-9-7-11/h4-10H2,1-3H3. The van der Waals surface area contributed by atoms with E-state index in [4.69, 9.17) is 13.6 Å². The normalized spacial score (nSPS) is 19.4. The molecular formula is C10H23NO3Si. The second-order valence-corrected chi connectivity index (χ2v) is 7.05. The van der Waals surface area contributed by atoms with Crippen molar-refractivity contribution in [2.24, 2.45) is 0 Å². The highest BCUT2D eigenvalue weighted by Crippen LogP contribution is 2.11. The minimum absolute atomic E-state index is 0.743. The average molecular weight is 233 g/mol. The van der Waals surface area contributed by atoms with Crippen molar-refractivity contribution in [3.05, 3.63) is 0 Å². The molecule has 0 N–H and O–H groups in total. The lowest BCUT2D eigenvalue weighted by atomic mass is 10.5. The van der Waals surface area contributed by atoms with Gasteiger partial charge in [0.15, 0.2) is 0 Å². The Labute approximate surface area is 93.7 Å². The van der Waals surface area contributed by atoms with Crippen LogP contribution in [-0.4, -0.2) is 59.1 Å². The third-order valence-corrected chi connectivity index (χ3v) is 5.33. The maximum absolute atomic E-state index is 5.81. The van der Waals surface area contributed by atoms with Gasteiger partial charge < -0.3 is 13.6 Å². The van der Waals surface area contributed by atoms with E-state index in [0.717, 1.165) is 45.7 Å². The summed E-state index contributed by atoms with van der Waals surface area (Å²) in [4.78, 5) is 2.39. The van der Waals surface area contributed by atoms with Crippen LogP contribution in [0, 0.1) is 0 Å². The summed E-state index contributed by atoms with van der Waals surface area (Å²) in [7, 11) is -1.97. The van der Waals surface area contributed by atoms with Crippen molar-refractivity contribution in [2.75, 3.05) is 45.7 Å². The van der Waals surface area contributed by atoms with Crippen molar-refractivity contribution in [3.63, 3.8) is 0 Å². The summed E-state index contributed by atoms with van der Waals surface area (Å²) in [6, 6.07) is 0. The van der Waals surface area contributed by atoms with Crippen molar-refractivity contribution < 1.29 is 13.6 Å². The van der Waals surface area contributed by atoms with E-state index in [0.29, 0.717) is 0 Å². The smallest absolute Gasteiger partial charge is 0.349 e. The van der Waals surface area contributed by atoms with E-state index < -0.39 is 8.56 Å². The Bertz CT molecular complexity index is 168. The Morgan fingerprint density at radius 2 is 1.67 bits per heavy atom. The molecule has 0 spiro atoms. The van der Waals surface area contributed by atoms with Crippen LogP contribution in [0.5, 0.6) is 0 Å². The van der Waals surface area contributed by atoms with E-state index in [9.17, 15) is 0 Å². The molecule has 0 aromatic carbocycles. The van der Waals surface area contributed by atoms with Gasteiger partial charge in [0.05, 0.1) is 13.2 Å². The monoisotopic (exact) mass is 233 g/mol. The first-order valence-electron chi connectivity index (χ1n) is 5.78. The summed E-state index contributed by atoms with van der Waals surface area (Å²) in [5.74, 6) is 0. The molecule has 1 heterocycles. The first kappa shape index (κ1) is 13.1. The number of morpholine rings is 1. The predicted molar refractivity (Wildman–Crippen MR) is 62.1 cm³/mol. The highest BCUT2D eigenvalue weighted by atomic mass is 28.4. The molecule has 0 unspecified atom stereocenters. The third kappa shape index (κ3) is 4.61. The second-order valence-electron chi connectivity index (χ2n) is 3.89. The largest absolute Gasteiger partial charge is 0.394 e. The van der Waals surface area contributed by atoms with Gasteiger partial charge >= 0.3 is 8.56 Å². The van der Waals surface area contributed by atoms with Gasteiger partial charge in [0.25, 0.3) is 0 Å². The molecule has 0 aromatic heterocycles. The summed E-state index contributed by atoms with van der Waals surface area (Å²) >= 11 is 0. The summed E-state index contributed by atoms with van der Waals surface area (Å²) < 4.78 is 16.9. The SMILES string of the molecule is CCO[Si](C)(CN1CCOCC1)OCC. The van der Waals surface area contributed by atoms with Crippen molar-refractivity contribution in [2.45, 2.75) is 20.4 Å². The molecule has 1 aliphatic rings. The Kier molecular flexibility index (Phi) is 5.77. The van der Waals surface area contributed by atoms with Crippen molar-refractivity contribution >= 4 is 8.56 Å². The molecule has 0 radical (unpaired) electrons. The number of hydrogen-bond acceptors (Lipinski definition) is 4. The van der Waals surface area contributed by atoms with E-state index in [1.54, 1.807) is 0 Å². The van der Waals surface area contributed by atoms with Gasteiger partial charge in [-0.2, -0.15) is 0 Å². The maximum atomic E-state index is 5.81. The molecule has 1 rings (SSSR count). The number of ether oxygens (including phenoxy) is 1. The van der Waals surface area contributed by atoms with Gasteiger partial charge in [-0.05, 0) is 20.4 Å². The Morgan fingerprint density at radius 1 is 1.13 bits per heavy atom. The minimum Gasteiger partial charge on any atom is -0.394 e. The molecule has 0 saturated carbocycles. The highest BCUT2D eigenvalue weighted by molar-refractivity contribution is 6.66. The molecule has 0 aromatic rings. The van der Waals surface area contributed by atoms with Crippen molar-refractivity contribution in [3.8, 4) is 0 Å². The van der Waals surface area contributed by atoms with Gasteiger partial charge in [0, 0.05) is 32.5 Å². The van der Waals surface area contributed by atoms with Crippen LogP contribution in [0.2, 0.25) is 6.55 Å². The Morgan fingerprint density at radius 3 is 2.13 bits per heavy atom. The zero-order chi connectivity index (χ0) is 11.1. The van der Waals surface area contributed by atoms with Crippen molar-refractivity contribution in [1.82, 2.24) is 4.90 Å². The summed E-state index contributed by atoms with van der Waals surface area (Å²) in [5, 5.41) is 0. The first-order chi connectivity index (χ1) is 7.20. The van der Waals surface area contributed by atoms with E-state index in [1.165, 1.54) is 0 Å². The lowest BCUT2D eigenvalue weighted by Gasteiger charge is -2.34. The van der Waals surface area contributed by atoms with E-state index in [-0.39, 0.29) is 0 Å². The van der Waals surface area contributed by atoms with E-state index in [1.807, 2.05) is 13.8 Å². The third-order valence-electron chi connectivity index (χ3n) is 2.51. The van der Waals surface area contributed by atoms with Crippen LogP contribution in [0.25, 0.3) is 0 Å². The van der Waals surface area contributed by atoms with Crippen LogP contribution in [-0.2, 0) is 13.6 Å². The average Bonchev–Trinajstić information content (AvgIpc) is 2.19. The van der Waals surface area contributed by atoms with Gasteiger partial charge in [-0.3, -0.25) is 4.90 Å². The summed E-state index contributed by atoms with van der Waals surface area (Å²) in [6.45, 7) is 11.4. The highest BCUT2D eigenvalue weighted by Gasteiger charge is 2.33. The van der Waals surface area contributed by atoms with Gasteiger partial charge in [0.1, 0.15) is 0 Å². The molecule has 0 atom stereocenters. The van der Waals surface area contributed by atoms with Gasteiger partial charge in [0.2, 0.25) is 0 Å². The molecule has 1 saturated heterocycles. The van der Waals surface area contributed by atoms with Crippen LogP contribution in [0.4, 0.5) is 0 Å². The Balaban J connectivity index is 2.40. The van der Waals surface area contributed by atoms with Gasteiger partial charge in [-0.1, -0.05) is 0 Å². The quantitative estimate of drug-likeness (QED) is 0.641. The molecule has 4 nitrogen and oxygen atoms in total. The predicted octanol–water partition coefficient (Wildman–Crippen LogP) is 1.00. The minimum atomic E-state index is -1.97. The lowest BCUT2D eigenvalue weighted by molar-refractivity contribution is 0.0383. The van der Waals surface area contributed by atoms with E-state index in [2.05, 4.69) is 11.4 Å². The number of nitrogens with zero attached hydrogens (tertiary/aromatic N) is 1. The first-order valence-corrected chi connectivity index (χ1v) is 8.30. The fourth-order valence-electron chi connectivity index (χ4n) is 1.91. The van der Waals surface area contributed by atoms with Gasteiger partial charge in [-0.25, -0.2) is 0 Å².